The van der Waals surface area contributed by atoms with Crippen LogP contribution in [0.4, 0.5) is 15.8 Å². The molecule has 2 aromatic carbocycles. The lowest BCUT2D eigenvalue weighted by atomic mass is 10.1. The Morgan fingerprint density at radius 2 is 1.83 bits per heavy atom. The summed E-state index contributed by atoms with van der Waals surface area (Å²) in [4.78, 5) is 24.9. The monoisotopic (exact) mass is 421 g/mol. The maximum Gasteiger partial charge on any atom is 0.253 e. The van der Waals surface area contributed by atoms with Crippen molar-refractivity contribution in [1.82, 2.24) is 5.32 Å². The largest absolute Gasteiger partial charge is 0.352 e. The van der Waals surface area contributed by atoms with Gasteiger partial charge in [0.2, 0.25) is 15.9 Å². The summed E-state index contributed by atoms with van der Waals surface area (Å²) in [7, 11) is -3.84. The number of amides is 2. The average Bonchev–Trinajstić information content (AvgIpc) is 2.65. The molecule has 2 N–H and O–H groups in total. The molecule has 0 aliphatic rings. The molecular formula is C20H24FN3O4S. The first kappa shape index (κ1) is 22.4. The van der Waals surface area contributed by atoms with Gasteiger partial charge in [-0.3, -0.25) is 13.9 Å². The molecular weight excluding hydrogens is 397 g/mol. The second kappa shape index (κ2) is 10.0. The van der Waals surface area contributed by atoms with Gasteiger partial charge in [0.1, 0.15) is 12.4 Å². The molecule has 0 unspecified atom stereocenters. The van der Waals surface area contributed by atoms with Crippen LogP contribution in [0.1, 0.15) is 30.1 Å². The van der Waals surface area contributed by atoms with Gasteiger partial charge in [-0.25, -0.2) is 12.8 Å². The predicted molar refractivity (Wildman–Crippen MR) is 111 cm³/mol. The number of carbonyl (C=O) groups excluding carboxylic acids is 2. The maximum absolute atomic E-state index is 13.5. The van der Waals surface area contributed by atoms with Gasteiger partial charge in [0.05, 0.1) is 23.2 Å². The highest BCUT2D eigenvalue weighted by atomic mass is 32.2. The number of rotatable bonds is 9. The normalized spacial score (nSPS) is 11.0. The highest BCUT2D eigenvalue weighted by molar-refractivity contribution is 7.92. The van der Waals surface area contributed by atoms with Crippen molar-refractivity contribution in [3.8, 4) is 0 Å². The smallest absolute Gasteiger partial charge is 0.253 e. The zero-order valence-corrected chi connectivity index (χ0v) is 17.1. The van der Waals surface area contributed by atoms with Crippen molar-refractivity contribution in [2.24, 2.45) is 0 Å². The number of hydrogen-bond donors (Lipinski definition) is 2. The van der Waals surface area contributed by atoms with E-state index in [1.807, 2.05) is 6.92 Å². The van der Waals surface area contributed by atoms with Crippen LogP contribution in [0.5, 0.6) is 0 Å². The van der Waals surface area contributed by atoms with E-state index in [0.717, 1.165) is 29.5 Å². The zero-order chi connectivity index (χ0) is 21.4. The van der Waals surface area contributed by atoms with Crippen LogP contribution in [0, 0.1) is 5.82 Å². The number of sulfonamides is 1. The minimum atomic E-state index is -3.84. The number of nitrogens with one attached hydrogen (secondary N) is 2. The first-order valence-electron chi connectivity index (χ1n) is 9.12. The van der Waals surface area contributed by atoms with Crippen LogP contribution in [-0.4, -0.2) is 39.6 Å². The highest BCUT2D eigenvalue weighted by Gasteiger charge is 2.22. The minimum Gasteiger partial charge on any atom is -0.352 e. The molecule has 0 atom stereocenters. The van der Waals surface area contributed by atoms with Gasteiger partial charge >= 0.3 is 0 Å². The first-order valence-corrected chi connectivity index (χ1v) is 11.0. The zero-order valence-electron chi connectivity index (χ0n) is 16.3. The number of nitrogens with zero attached hydrogens (tertiary/aromatic N) is 1. The Hall–Kier alpha value is -2.94. The van der Waals surface area contributed by atoms with Gasteiger partial charge in [-0.05, 0) is 36.8 Å². The fraction of sp³-hybridized carbons (Fsp3) is 0.300. The van der Waals surface area contributed by atoms with Crippen molar-refractivity contribution in [2.75, 3.05) is 29.0 Å². The quantitative estimate of drug-likeness (QED) is 0.609. The number of benzene rings is 2. The standard InChI is InChI=1S/C20H24FN3O4S/c1-3-4-12-22-20(26)17-10-5-6-11-18(17)23-19(25)14-24(29(2,27)28)16-9-7-8-15(21)13-16/h5-11,13H,3-4,12,14H2,1-2H3,(H,22,26)(H,23,25). The van der Waals surface area contributed by atoms with Crippen LogP contribution in [-0.2, 0) is 14.8 Å². The number of hydrogen-bond acceptors (Lipinski definition) is 4. The Morgan fingerprint density at radius 3 is 2.48 bits per heavy atom. The molecule has 7 nitrogen and oxygen atoms in total. The molecule has 0 fully saturated rings. The molecule has 0 heterocycles. The van der Waals surface area contributed by atoms with Crippen LogP contribution in [0.15, 0.2) is 48.5 Å². The summed E-state index contributed by atoms with van der Waals surface area (Å²) in [6.07, 6.45) is 2.69. The molecule has 9 heteroatoms. The molecule has 0 saturated heterocycles. The molecule has 0 aromatic heterocycles. The van der Waals surface area contributed by atoms with Crippen LogP contribution in [0.2, 0.25) is 0 Å². The molecule has 0 aliphatic heterocycles. The van der Waals surface area contributed by atoms with Crippen molar-refractivity contribution in [1.29, 1.82) is 0 Å². The van der Waals surface area contributed by atoms with Crippen molar-refractivity contribution in [3.05, 3.63) is 59.9 Å². The number of para-hydroxylation sites is 1. The van der Waals surface area contributed by atoms with Gasteiger partial charge in [0.15, 0.2) is 0 Å². The number of halogens is 1. The molecule has 0 saturated carbocycles. The molecule has 0 radical (unpaired) electrons. The van der Waals surface area contributed by atoms with E-state index in [2.05, 4.69) is 10.6 Å². The van der Waals surface area contributed by atoms with Gasteiger partial charge in [0.25, 0.3) is 5.91 Å². The fourth-order valence-electron chi connectivity index (χ4n) is 2.62. The van der Waals surface area contributed by atoms with Gasteiger partial charge < -0.3 is 10.6 Å². The average molecular weight is 421 g/mol. The van der Waals surface area contributed by atoms with Gasteiger partial charge in [-0.1, -0.05) is 31.5 Å². The molecule has 0 aliphatic carbocycles. The van der Waals surface area contributed by atoms with Crippen LogP contribution in [0.3, 0.4) is 0 Å². The molecule has 29 heavy (non-hydrogen) atoms. The number of unbranched alkanes of at least 4 members (excludes halogenated alkanes) is 1. The summed E-state index contributed by atoms with van der Waals surface area (Å²) in [6, 6.07) is 11.4. The van der Waals surface area contributed by atoms with E-state index >= 15 is 0 Å². The molecule has 0 spiro atoms. The first-order chi connectivity index (χ1) is 13.7. The Morgan fingerprint density at radius 1 is 1.10 bits per heavy atom. The lowest BCUT2D eigenvalue weighted by molar-refractivity contribution is -0.114. The molecule has 156 valence electrons. The Kier molecular flexibility index (Phi) is 7.72. The van der Waals surface area contributed by atoms with Gasteiger partial charge in [0, 0.05) is 6.54 Å². The van der Waals surface area contributed by atoms with Crippen molar-refractivity contribution >= 4 is 33.2 Å². The Bertz CT molecular complexity index is 979. The van der Waals surface area contributed by atoms with E-state index in [1.54, 1.807) is 24.3 Å². The summed E-state index contributed by atoms with van der Waals surface area (Å²) in [5.41, 5.74) is 0.570. The summed E-state index contributed by atoms with van der Waals surface area (Å²) >= 11 is 0. The van der Waals surface area contributed by atoms with Crippen molar-refractivity contribution in [3.63, 3.8) is 0 Å². The maximum atomic E-state index is 13.5. The van der Waals surface area contributed by atoms with Crippen molar-refractivity contribution in [2.45, 2.75) is 19.8 Å². The molecule has 2 aromatic rings. The second-order valence-electron chi connectivity index (χ2n) is 6.45. The predicted octanol–water partition coefficient (Wildman–Crippen LogP) is 2.76. The van der Waals surface area contributed by atoms with E-state index in [4.69, 9.17) is 0 Å². The summed E-state index contributed by atoms with van der Waals surface area (Å²) in [5.74, 6) is -1.61. The minimum absolute atomic E-state index is 0.0354. The second-order valence-corrected chi connectivity index (χ2v) is 8.36. The molecule has 0 bridgehead atoms. The fourth-order valence-corrected chi connectivity index (χ4v) is 3.46. The SMILES string of the molecule is CCCCNC(=O)c1ccccc1NC(=O)CN(c1cccc(F)c1)S(C)(=O)=O. The van der Waals surface area contributed by atoms with Gasteiger partial charge in [-0.15, -0.1) is 0 Å². The highest BCUT2D eigenvalue weighted by Crippen LogP contribution is 2.20. The molecule has 2 amide bonds. The lowest BCUT2D eigenvalue weighted by Crippen LogP contribution is -2.37. The Balaban J connectivity index is 2.18. The van der Waals surface area contributed by atoms with E-state index in [9.17, 15) is 22.4 Å². The van der Waals surface area contributed by atoms with E-state index < -0.39 is 28.3 Å². The third kappa shape index (κ3) is 6.56. The number of anilines is 2. The molecule has 2 rings (SSSR count). The van der Waals surface area contributed by atoms with E-state index in [-0.39, 0.29) is 22.8 Å². The van der Waals surface area contributed by atoms with Gasteiger partial charge in [-0.2, -0.15) is 0 Å². The van der Waals surface area contributed by atoms with E-state index in [1.165, 1.54) is 18.2 Å². The third-order valence-corrected chi connectivity index (χ3v) is 5.19. The third-order valence-electron chi connectivity index (χ3n) is 4.05. The Labute approximate surface area is 170 Å². The van der Waals surface area contributed by atoms with Crippen LogP contribution < -0.4 is 14.9 Å². The summed E-state index contributed by atoms with van der Waals surface area (Å²) < 4.78 is 38.5. The van der Waals surface area contributed by atoms with Crippen molar-refractivity contribution < 1.29 is 22.4 Å². The van der Waals surface area contributed by atoms with Crippen LogP contribution >= 0.6 is 0 Å². The van der Waals surface area contributed by atoms with Crippen LogP contribution in [0.25, 0.3) is 0 Å². The van der Waals surface area contributed by atoms with E-state index in [0.29, 0.717) is 6.54 Å². The summed E-state index contributed by atoms with van der Waals surface area (Å²) in [6.45, 7) is 1.96. The summed E-state index contributed by atoms with van der Waals surface area (Å²) in [5, 5.41) is 5.34. The lowest BCUT2D eigenvalue weighted by Gasteiger charge is -2.22. The number of carbonyl (C=O) groups is 2. The topological polar surface area (TPSA) is 95.6 Å².